The fraction of sp³-hybridized carbons (Fsp3) is 0.556. The number of carboxylic acid groups (broad SMARTS) is 1. The number of hydrogen-bond acceptors (Lipinski definition) is 8. The van der Waals surface area contributed by atoms with Crippen LogP contribution in [0.25, 0.3) is 0 Å². The highest BCUT2D eigenvalue weighted by molar-refractivity contribution is 5.96. The number of aliphatic carboxylic acids is 1. The van der Waals surface area contributed by atoms with Crippen molar-refractivity contribution < 1.29 is 23.8 Å². The van der Waals surface area contributed by atoms with Crippen LogP contribution >= 0.6 is 0 Å². The molecular weight excluding hydrogens is 491 g/mol. The lowest BCUT2D eigenvalue weighted by atomic mass is 9.96. The van der Waals surface area contributed by atoms with Gasteiger partial charge in [-0.2, -0.15) is 5.10 Å². The number of carbonyl (C=O) groups excluding carboxylic acids is 1. The predicted molar refractivity (Wildman–Crippen MR) is 140 cm³/mol. The molecule has 0 radical (unpaired) electrons. The Labute approximate surface area is 221 Å². The molecule has 10 nitrogen and oxygen atoms in total. The summed E-state index contributed by atoms with van der Waals surface area (Å²) in [6.45, 7) is 6.81. The smallest absolute Gasteiger partial charge is 0.422 e. The Hall–Kier alpha value is -3.47. The van der Waals surface area contributed by atoms with Gasteiger partial charge in [0.25, 0.3) is 0 Å². The summed E-state index contributed by atoms with van der Waals surface area (Å²) in [5.41, 5.74) is 4.21. The van der Waals surface area contributed by atoms with Gasteiger partial charge in [0.2, 0.25) is 0 Å². The molecule has 0 bridgehead atoms. The predicted octanol–water partition coefficient (Wildman–Crippen LogP) is 3.66. The van der Waals surface area contributed by atoms with Crippen molar-refractivity contribution >= 4 is 24.1 Å². The second-order valence-electron chi connectivity index (χ2n) is 11.2. The van der Waals surface area contributed by atoms with E-state index >= 15 is 0 Å². The summed E-state index contributed by atoms with van der Waals surface area (Å²) in [5, 5.41) is 17.2. The number of carbonyl (C=O) groups is 2. The summed E-state index contributed by atoms with van der Waals surface area (Å²) >= 11 is 0. The van der Waals surface area contributed by atoms with Crippen molar-refractivity contribution in [3.8, 4) is 0 Å². The van der Waals surface area contributed by atoms with E-state index in [0.717, 1.165) is 43.4 Å². The zero-order chi connectivity index (χ0) is 27.0. The minimum atomic E-state index is -0.967. The van der Waals surface area contributed by atoms with Gasteiger partial charge in [-0.25, -0.2) is 24.2 Å². The van der Waals surface area contributed by atoms with Gasteiger partial charge in [0.1, 0.15) is 23.2 Å². The average Bonchev–Trinajstić information content (AvgIpc) is 3.41. The number of nitrogens with zero attached hydrogens (tertiary/aromatic N) is 5. The van der Waals surface area contributed by atoms with Gasteiger partial charge in [-0.05, 0) is 82.2 Å². The average molecular weight is 527 g/mol. The van der Waals surface area contributed by atoms with E-state index in [0.29, 0.717) is 18.8 Å². The summed E-state index contributed by atoms with van der Waals surface area (Å²) in [4.78, 5) is 30.9. The van der Waals surface area contributed by atoms with Crippen molar-refractivity contribution in [1.82, 2.24) is 20.3 Å². The molecule has 4 aliphatic rings. The Morgan fingerprint density at radius 2 is 2.05 bits per heavy atom. The van der Waals surface area contributed by atoms with E-state index in [1.54, 1.807) is 17.3 Å². The molecule has 3 atom stereocenters. The van der Waals surface area contributed by atoms with E-state index in [1.165, 1.54) is 12.3 Å². The number of rotatable bonds is 7. The molecule has 1 aliphatic carbocycles. The molecule has 1 amide bonds. The van der Waals surface area contributed by atoms with Crippen molar-refractivity contribution in [2.45, 2.75) is 76.7 Å². The van der Waals surface area contributed by atoms with Crippen molar-refractivity contribution in [2.75, 3.05) is 13.1 Å². The molecule has 11 heteroatoms. The number of benzene rings is 1. The van der Waals surface area contributed by atoms with Crippen molar-refractivity contribution in [1.29, 1.82) is 0 Å². The lowest BCUT2D eigenvalue weighted by molar-refractivity contribution is -0.140. The second-order valence-corrected chi connectivity index (χ2v) is 11.2. The van der Waals surface area contributed by atoms with Crippen molar-refractivity contribution in [3.05, 3.63) is 47.4 Å². The SMILES string of the molecule is CC(C)(C)OC(=O)NN(CCc1ccc(F)cc1[C@H]1CCCN1C1=NC2C(C(=O)O)C=NN2C=C1)C1CC1. The zero-order valence-electron chi connectivity index (χ0n) is 22.0. The summed E-state index contributed by atoms with van der Waals surface area (Å²) in [5.74, 6) is -1.40. The molecule has 1 saturated heterocycles. The molecule has 3 heterocycles. The number of halogens is 1. The minimum absolute atomic E-state index is 0.0885. The van der Waals surface area contributed by atoms with E-state index in [4.69, 9.17) is 9.73 Å². The number of amides is 1. The number of ether oxygens (including phenoxy) is 1. The molecule has 2 fully saturated rings. The number of fused-ring (bicyclic) bond motifs is 1. The Kier molecular flexibility index (Phi) is 7.13. The van der Waals surface area contributed by atoms with Crippen LogP contribution in [0.2, 0.25) is 0 Å². The molecule has 0 aromatic heterocycles. The normalized spacial score (nSPS) is 24.6. The third-order valence-corrected chi connectivity index (χ3v) is 7.14. The number of carboxylic acids is 1. The number of hydrazine groups is 1. The molecule has 0 spiro atoms. The fourth-order valence-corrected chi connectivity index (χ4v) is 5.25. The van der Waals surface area contributed by atoms with Crippen LogP contribution in [0.15, 0.2) is 40.6 Å². The minimum Gasteiger partial charge on any atom is -0.481 e. The first kappa shape index (κ1) is 26.1. The molecule has 3 aliphatic heterocycles. The monoisotopic (exact) mass is 526 g/mol. The Morgan fingerprint density at radius 1 is 1.26 bits per heavy atom. The quantitative estimate of drug-likeness (QED) is 0.522. The van der Waals surface area contributed by atoms with Crippen molar-refractivity contribution in [2.24, 2.45) is 16.0 Å². The molecule has 38 heavy (non-hydrogen) atoms. The van der Waals surface area contributed by atoms with Crippen LogP contribution in [-0.2, 0) is 16.0 Å². The maximum absolute atomic E-state index is 14.5. The van der Waals surface area contributed by atoms with Gasteiger partial charge in [0, 0.05) is 31.5 Å². The number of hydrazone groups is 1. The standard InChI is InChI=1S/C27H35FN6O4/c1-27(2,3)38-26(37)31-33(19-8-9-19)13-10-17-6-7-18(28)15-20(17)22-5-4-12-32(22)23-11-14-34-24(30-23)21(16-29-34)25(35)36/h6-7,11,14-16,19,21-22,24H,4-5,8-10,12-13H2,1-3H3,(H,31,37)(H,35,36)/t21?,22-,24?/m1/s1. The lowest BCUT2D eigenvalue weighted by Gasteiger charge is -2.33. The maximum Gasteiger partial charge on any atom is 0.422 e. The highest BCUT2D eigenvalue weighted by atomic mass is 19.1. The molecule has 5 rings (SSSR count). The van der Waals surface area contributed by atoms with E-state index in [9.17, 15) is 19.1 Å². The van der Waals surface area contributed by atoms with Crippen LogP contribution in [0.3, 0.4) is 0 Å². The van der Waals surface area contributed by atoms with Crippen LogP contribution in [0.4, 0.5) is 9.18 Å². The van der Waals surface area contributed by atoms with Gasteiger partial charge < -0.3 is 14.7 Å². The fourth-order valence-electron chi connectivity index (χ4n) is 5.25. The van der Waals surface area contributed by atoms with Gasteiger partial charge in [0.15, 0.2) is 6.17 Å². The third-order valence-electron chi connectivity index (χ3n) is 7.14. The zero-order valence-corrected chi connectivity index (χ0v) is 22.0. The van der Waals surface area contributed by atoms with Crippen LogP contribution in [0.1, 0.15) is 63.6 Å². The number of nitrogens with one attached hydrogen (secondary N) is 1. The van der Waals surface area contributed by atoms with Gasteiger partial charge in [-0.3, -0.25) is 10.2 Å². The summed E-state index contributed by atoms with van der Waals surface area (Å²) in [6.07, 6.45) is 8.30. The van der Waals surface area contributed by atoms with E-state index < -0.39 is 29.7 Å². The summed E-state index contributed by atoms with van der Waals surface area (Å²) in [6, 6.07) is 5.08. The van der Waals surface area contributed by atoms with Crippen molar-refractivity contribution in [3.63, 3.8) is 0 Å². The Balaban J connectivity index is 1.33. The van der Waals surface area contributed by atoms with Crippen LogP contribution in [-0.4, -0.2) is 75.0 Å². The third kappa shape index (κ3) is 5.82. The van der Waals surface area contributed by atoms with Crippen LogP contribution in [0.5, 0.6) is 0 Å². The van der Waals surface area contributed by atoms with E-state index in [-0.39, 0.29) is 17.9 Å². The highest BCUT2D eigenvalue weighted by Gasteiger charge is 2.39. The molecule has 2 N–H and O–H groups in total. The van der Waals surface area contributed by atoms with E-state index in [1.807, 2.05) is 37.9 Å². The number of likely N-dealkylation sites (tertiary alicyclic amines) is 1. The largest absolute Gasteiger partial charge is 0.481 e. The molecular formula is C27H35FN6O4. The second kappa shape index (κ2) is 10.4. The van der Waals surface area contributed by atoms with Gasteiger partial charge in [-0.1, -0.05) is 6.07 Å². The Morgan fingerprint density at radius 3 is 2.76 bits per heavy atom. The number of hydrogen-bond donors (Lipinski definition) is 2. The number of aliphatic imine (C=N–C) groups is 1. The van der Waals surface area contributed by atoms with Gasteiger partial charge in [0.05, 0.1) is 6.04 Å². The van der Waals surface area contributed by atoms with Gasteiger partial charge in [-0.15, -0.1) is 0 Å². The molecule has 204 valence electrons. The molecule has 1 aromatic carbocycles. The lowest BCUT2D eigenvalue weighted by Crippen LogP contribution is -2.47. The first-order valence-electron chi connectivity index (χ1n) is 13.2. The topological polar surface area (TPSA) is 110 Å². The summed E-state index contributed by atoms with van der Waals surface area (Å²) in [7, 11) is 0. The van der Waals surface area contributed by atoms with E-state index in [2.05, 4.69) is 15.4 Å². The number of amidine groups is 1. The maximum atomic E-state index is 14.5. The summed E-state index contributed by atoms with van der Waals surface area (Å²) < 4.78 is 20.0. The first-order chi connectivity index (χ1) is 18.1. The molecule has 2 unspecified atom stereocenters. The molecule has 1 aromatic rings. The first-order valence-corrected chi connectivity index (χ1v) is 13.2. The highest BCUT2D eigenvalue weighted by Crippen LogP contribution is 2.37. The van der Waals surface area contributed by atoms with Crippen LogP contribution in [0, 0.1) is 11.7 Å². The Bertz CT molecular complexity index is 1170. The van der Waals surface area contributed by atoms with Gasteiger partial charge >= 0.3 is 12.1 Å². The van der Waals surface area contributed by atoms with Crippen LogP contribution < -0.4 is 5.43 Å². The molecule has 1 saturated carbocycles.